The molecule has 328 valence electrons. The van der Waals surface area contributed by atoms with Gasteiger partial charge in [-0.05, 0) is 134 Å². The molecule has 2 N–H and O–H groups in total. The molecule has 0 aliphatic carbocycles. The molecular weight excluding hydrogens is 835 g/mol. The molecule has 0 unspecified atom stereocenters. The third-order valence-corrected chi connectivity index (χ3v) is 13.0. The SMILES string of the molecule is C=Cc1ccc(C(/C=C\c2ccc(-c3ccc4c(c3)c3ccccc3n4-c3ccccc3)cc2)=C/C=C/N)cc1.c1ccc(-n2c3ccccc3c3cc(-c4ccc5ccccc5c4)ccc32)cc1. The molecule has 0 aliphatic heterocycles. The molecule has 0 radical (unpaired) electrons. The second kappa shape index (κ2) is 19.0. The molecule has 0 atom stereocenters. The number of hydrogen-bond acceptors (Lipinski definition) is 1. The topological polar surface area (TPSA) is 35.9 Å². The van der Waals surface area contributed by atoms with Crippen LogP contribution in [0.4, 0.5) is 0 Å². The predicted molar refractivity (Wildman–Crippen MR) is 297 cm³/mol. The first-order valence-corrected chi connectivity index (χ1v) is 23.4. The Morgan fingerprint density at radius 1 is 0.391 bits per heavy atom. The summed E-state index contributed by atoms with van der Waals surface area (Å²) in [5.74, 6) is 0. The lowest BCUT2D eigenvalue weighted by Gasteiger charge is -2.08. The maximum atomic E-state index is 5.61. The van der Waals surface area contributed by atoms with Gasteiger partial charge in [0, 0.05) is 32.9 Å². The van der Waals surface area contributed by atoms with Gasteiger partial charge in [-0.25, -0.2) is 0 Å². The molecule has 10 aromatic carbocycles. The number of rotatable bonds is 9. The van der Waals surface area contributed by atoms with Gasteiger partial charge in [0.1, 0.15) is 0 Å². The monoisotopic (exact) mass is 883 g/mol. The Kier molecular flexibility index (Phi) is 11.7. The lowest BCUT2D eigenvalue weighted by Crippen LogP contribution is -1.92. The summed E-state index contributed by atoms with van der Waals surface area (Å²) in [7, 11) is 0. The van der Waals surface area contributed by atoms with Crippen molar-refractivity contribution in [2.24, 2.45) is 5.73 Å². The Morgan fingerprint density at radius 3 is 1.43 bits per heavy atom. The molecule has 0 saturated heterocycles. The van der Waals surface area contributed by atoms with Crippen LogP contribution < -0.4 is 5.73 Å². The Morgan fingerprint density at radius 2 is 0.855 bits per heavy atom. The van der Waals surface area contributed by atoms with E-state index in [1.54, 1.807) is 6.20 Å². The fraction of sp³-hybridized carbons (Fsp3) is 0. The summed E-state index contributed by atoms with van der Waals surface area (Å²) in [5, 5.41) is 7.64. The van der Waals surface area contributed by atoms with Gasteiger partial charge in [-0.1, -0.05) is 201 Å². The number of nitrogens with zero attached hydrogens (tertiary/aromatic N) is 2. The minimum absolute atomic E-state index is 1.08. The fourth-order valence-corrected chi connectivity index (χ4v) is 9.58. The predicted octanol–water partition coefficient (Wildman–Crippen LogP) is 17.3. The third-order valence-electron chi connectivity index (χ3n) is 13.0. The maximum Gasteiger partial charge on any atom is 0.0541 e. The van der Waals surface area contributed by atoms with Gasteiger partial charge in [0.2, 0.25) is 0 Å². The van der Waals surface area contributed by atoms with Gasteiger partial charge in [-0.3, -0.25) is 0 Å². The van der Waals surface area contributed by atoms with Crippen LogP contribution in [-0.4, -0.2) is 9.13 Å². The van der Waals surface area contributed by atoms with Crippen molar-refractivity contribution >= 4 is 72.1 Å². The van der Waals surface area contributed by atoms with E-state index >= 15 is 0 Å². The van der Waals surface area contributed by atoms with Crippen LogP contribution in [-0.2, 0) is 0 Å². The Bertz CT molecular complexity index is 3880. The summed E-state index contributed by atoms with van der Waals surface area (Å²) < 4.78 is 4.70. The summed E-state index contributed by atoms with van der Waals surface area (Å²) >= 11 is 0. The van der Waals surface area contributed by atoms with Gasteiger partial charge in [0.25, 0.3) is 0 Å². The summed E-state index contributed by atoms with van der Waals surface area (Å²) in [6.45, 7) is 3.84. The minimum Gasteiger partial charge on any atom is -0.405 e. The highest BCUT2D eigenvalue weighted by Gasteiger charge is 2.15. The molecule has 0 fully saturated rings. The van der Waals surface area contributed by atoms with E-state index in [0.29, 0.717) is 0 Å². The second-order valence-corrected chi connectivity index (χ2v) is 17.2. The van der Waals surface area contributed by atoms with E-state index in [-0.39, 0.29) is 0 Å². The summed E-state index contributed by atoms with van der Waals surface area (Å²) in [5.41, 5.74) is 22.2. The van der Waals surface area contributed by atoms with E-state index in [0.717, 1.165) is 22.3 Å². The average molecular weight is 884 g/mol. The smallest absolute Gasteiger partial charge is 0.0541 e. The van der Waals surface area contributed by atoms with Crippen molar-refractivity contribution in [1.29, 1.82) is 0 Å². The normalized spacial score (nSPS) is 11.9. The molecular formula is C66H49N3. The van der Waals surface area contributed by atoms with E-state index in [1.807, 2.05) is 18.2 Å². The van der Waals surface area contributed by atoms with Crippen molar-refractivity contribution in [3.05, 3.63) is 284 Å². The zero-order valence-electron chi connectivity index (χ0n) is 38.2. The number of hydrogen-bond donors (Lipinski definition) is 1. The number of allylic oxidation sites excluding steroid dienone is 4. The van der Waals surface area contributed by atoms with Crippen LogP contribution in [0.3, 0.4) is 0 Å². The highest BCUT2D eigenvalue weighted by molar-refractivity contribution is 6.11. The van der Waals surface area contributed by atoms with Gasteiger partial charge >= 0.3 is 0 Å². The Balaban J connectivity index is 0.000000158. The number of benzene rings is 10. The standard InChI is InChI=1S/C38H30N2.C28H19N/c1-2-28-14-19-31(20-15-28)30(9-8-26-39)21-16-29-17-22-32(23-18-29)33-24-25-38-36(27-33)35-12-6-7-13-37(35)40(38)34-10-4-3-5-11-34;1-2-10-24(11-3-1)29-27-13-7-6-12-25(27)26-19-23(16-17-28(26)29)22-15-14-20-8-4-5-9-21(20)18-22/h2-27H,1,39H2;1-19H/b21-16-,26-8+,30-9+;. The summed E-state index contributed by atoms with van der Waals surface area (Å²) in [6.07, 6.45) is 11.5. The van der Waals surface area contributed by atoms with Crippen molar-refractivity contribution in [2.75, 3.05) is 0 Å². The largest absolute Gasteiger partial charge is 0.405 e. The van der Waals surface area contributed by atoms with Gasteiger partial charge in [-0.15, -0.1) is 0 Å². The van der Waals surface area contributed by atoms with Crippen molar-refractivity contribution in [3.63, 3.8) is 0 Å². The van der Waals surface area contributed by atoms with Crippen LogP contribution in [0.25, 0.3) is 106 Å². The maximum absolute atomic E-state index is 5.61. The molecule has 0 aliphatic rings. The van der Waals surface area contributed by atoms with Crippen molar-refractivity contribution in [1.82, 2.24) is 9.13 Å². The van der Waals surface area contributed by atoms with E-state index in [1.165, 1.54) is 88.0 Å². The van der Waals surface area contributed by atoms with Crippen LogP contribution in [0.5, 0.6) is 0 Å². The summed E-state index contributed by atoms with van der Waals surface area (Å²) in [4.78, 5) is 0. The van der Waals surface area contributed by atoms with E-state index in [2.05, 4.69) is 264 Å². The van der Waals surface area contributed by atoms with Gasteiger partial charge in [0.15, 0.2) is 0 Å². The van der Waals surface area contributed by atoms with Crippen molar-refractivity contribution in [2.45, 2.75) is 0 Å². The van der Waals surface area contributed by atoms with Gasteiger partial charge in [-0.2, -0.15) is 0 Å². The Hall–Kier alpha value is -9.18. The van der Waals surface area contributed by atoms with Gasteiger partial charge in [0.05, 0.1) is 22.1 Å². The van der Waals surface area contributed by atoms with Crippen molar-refractivity contribution < 1.29 is 0 Å². The number of aromatic nitrogens is 2. The molecule has 3 heteroatoms. The van der Waals surface area contributed by atoms with Crippen molar-refractivity contribution in [3.8, 4) is 33.6 Å². The first-order chi connectivity index (χ1) is 34.1. The molecule has 3 nitrogen and oxygen atoms in total. The minimum atomic E-state index is 1.08. The second-order valence-electron chi connectivity index (χ2n) is 17.2. The number of nitrogens with two attached hydrogens (primary N) is 1. The first kappa shape index (κ1) is 42.5. The van der Waals surface area contributed by atoms with Gasteiger partial charge < -0.3 is 14.9 Å². The zero-order chi connectivity index (χ0) is 46.5. The quantitative estimate of drug-likeness (QED) is 0.144. The summed E-state index contributed by atoms with van der Waals surface area (Å²) in [6, 6.07) is 84.4. The molecule has 0 amide bonds. The number of para-hydroxylation sites is 4. The van der Waals surface area contributed by atoms with Crippen LogP contribution in [0.2, 0.25) is 0 Å². The molecule has 2 heterocycles. The number of fused-ring (bicyclic) bond motifs is 7. The van der Waals surface area contributed by atoms with Crippen LogP contribution >= 0.6 is 0 Å². The Labute approximate surface area is 403 Å². The zero-order valence-corrected chi connectivity index (χ0v) is 38.2. The molecule has 12 rings (SSSR count). The fourth-order valence-electron chi connectivity index (χ4n) is 9.58. The highest BCUT2D eigenvalue weighted by Crippen LogP contribution is 2.37. The molecule has 12 aromatic rings. The van der Waals surface area contributed by atoms with Crippen LogP contribution in [0, 0.1) is 0 Å². The van der Waals surface area contributed by atoms with E-state index in [9.17, 15) is 0 Å². The molecule has 2 aromatic heterocycles. The third kappa shape index (κ3) is 8.46. The van der Waals surface area contributed by atoms with E-state index < -0.39 is 0 Å². The van der Waals surface area contributed by atoms with Crippen LogP contribution in [0.15, 0.2) is 268 Å². The molecule has 0 saturated carbocycles. The lowest BCUT2D eigenvalue weighted by molar-refractivity contribution is 1.18. The molecule has 0 spiro atoms. The highest BCUT2D eigenvalue weighted by atomic mass is 15.0. The van der Waals surface area contributed by atoms with E-state index in [4.69, 9.17) is 5.73 Å². The van der Waals surface area contributed by atoms with Crippen LogP contribution in [0.1, 0.15) is 16.7 Å². The molecule has 69 heavy (non-hydrogen) atoms. The lowest BCUT2D eigenvalue weighted by atomic mass is 9.99. The first-order valence-electron chi connectivity index (χ1n) is 23.4. The average Bonchev–Trinajstić information content (AvgIpc) is 3.94. The molecule has 0 bridgehead atoms.